The molecule has 31 heavy (non-hydrogen) atoms. The third kappa shape index (κ3) is 3.79. The highest BCUT2D eigenvalue weighted by molar-refractivity contribution is 5.96. The highest BCUT2D eigenvalue weighted by Crippen LogP contribution is 2.36. The summed E-state index contributed by atoms with van der Waals surface area (Å²) in [7, 11) is 3.44. The zero-order valence-electron chi connectivity index (χ0n) is 18.0. The van der Waals surface area contributed by atoms with Crippen molar-refractivity contribution >= 4 is 28.3 Å². The lowest BCUT2D eigenvalue weighted by Gasteiger charge is -2.27. The first-order chi connectivity index (χ1) is 14.9. The number of amides is 1. The molecule has 1 unspecified atom stereocenters. The summed E-state index contributed by atoms with van der Waals surface area (Å²) in [4.78, 5) is 29.2. The van der Waals surface area contributed by atoms with Gasteiger partial charge in [0.15, 0.2) is 5.82 Å². The van der Waals surface area contributed by atoms with Crippen molar-refractivity contribution in [3.63, 3.8) is 0 Å². The highest BCUT2D eigenvalue weighted by Gasteiger charge is 2.29. The Bertz CT molecular complexity index is 1230. The van der Waals surface area contributed by atoms with Crippen LogP contribution in [-0.4, -0.2) is 39.7 Å². The van der Waals surface area contributed by atoms with Crippen LogP contribution in [0, 0.1) is 24.2 Å². The second kappa shape index (κ2) is 8.26. The van der Waals surface area contributed by atoms with Gasteiger partial charge in [0.2, 0.25) is 0 Å². The van der Waals surface area contributed by atoms with Gasteiger partial charge in [-0.05, 0) is 49.6 Å². The summed E-state index contributed by atoms with van der Waals surface area (Å²) in [6, 6.07) is 9.66. The van der Waals surface area contributed by atoms with Crippen molar-refractivity contribution in [2.45, 2.75) is 38.6 Å². The fraction of sp³-hybridized carbons (Fsp3) is 0.391. The Hall–Kier alpha value is -3.60. The van der Waals surface area contributed by atoms with E-state index in [1.165, 1.54) is 0 Å². The summed E-state index contributed by atoms with van der Waals surface area (Å²) < 4.78 is 1.84. The van der Waals surface area contributed by atoms with Crippen molar-refractivity contribution < 1.29 is 4.79 Å². The largest absolute Gasteiger partial charge is 0.345 e. The first kappa shape index (κ1) is 20.7. The van der Waals surface area contributed by atoms with Gasteiger partial charge in [0.25, 0.3) is 11.5 Å². The number of nitrogens with zero attached hydrogens (tertiary/aromatic N) is 4. The predicted molar refractivity (Wildman–Crippen MR) is 119 cm³/mol. The number of hydrogen-bond acceptors (Lipinski definition) is 5. The highest BCUT2D eigenvalue weighted by atomic mass is 16.2. The maximum absolute atomic E-state index is 12.7. The summed E-state index contributed by atoms with van der Waals surface area (Å²) in [6.45, 7) is 1.88. The average molecular weight is 419 g/mol. The monoisotopic (exact) mass is 418 g/mol. The molecule has 160 valence electrons. The lowest BCUT2D eigenvalue weighted by molar-refractivity contribution is 0.0827. The van der Waals surface area contributed by atoms with E-state index in [4.69, 9.17) is 5.10 Å². The van der Waals surface area contributed by atoms with Gasteiger partial charge in [-0.3, -0.25) is 14.3 Å². The molecule has 3 aromatic rings. The number of pyridine rings is 1. The zero-order valence-corrected chi connectivity index (χ0v) is 18.0. The normalized spacial score (nSPS) is 18.5. The van der Waals surface area contributed by atoms with E-state index in [9.17, 15) is 14.9 Å². The number of aromatic nitrogens is 3. The number of fused-ring (bicyclic) bond motifs is 1. The average Bonchev–Trinajstić information content (AvgIpc) is 3.12. The molecular formula is C23H26N6O2. The minimum absolute atomic E-state index is 0.0552. The predicted octanol–water partition coefficient (Wildman–Crippen LogP) is 3.73. The molecule has 1 fully saturated rings. The summed E-state index contributed by atoms with van der Waals surface area (Å²) in [5.41, 5.74) is 2.69. The van der Waals surface area contributed by atoms with E-state index in [0.29, 0.717) is 16.8 Å². The second-order valence-corrected chi connectivity index (χ2v) is 8.30. The van der Waals surface area contributed by atoms with E-state index in [-0.39, 0.29) is 23.4 Å². The van der Waals surface area contributed by atoms with Gasteiger partial charge in [0, 0.05) is 31.5 Å². The molecule has 2 aromatic heterocycles. The molecule has 1 aromatic carbocycles. The van der Waals surface area contributed by atoms with E-state index in [0.717, 1.165) is 42.5 Å². The molecule has 2 N–H and O–H groups in total. The van der Waals surface area contributed by atoms with Crippen LogP contribution < -0.4 is 10.9 Å². The van der Waals surface area contributed by atoms with Gasteiger partial charge >= 0.3 is 0 Å². The zero-order chi connectivity index (χ0) is 22.1. The van der Waals surface area contributed by atoms with Crippen molar-refractivity contribution in [2.75, 3.05) is 19.4 Å². The summed E-state index contributed by atoms with van der Waals surface area (Å²) >= 11 is 0. The van der Waals surface area contributed by atoms with Crippen LogP contribution in [0.2, 0.25) is 0 Å². The fourth-order valence-corrected chi connectivity index (χ4v) is 4.35. The van der Waals surface area contributed by atoms with Crippen molar-refractivity contribution in [1.82, 2.24) is 19.7 Å². The molecular weight excluding hydrogens is 392 g/mol. The molecule has 4 rings (SSSR count). The van der Waals surface area contributed by atoms with Gasteiger partial charge in [-0.25, -0.2) is 0 Å². The minimum atomic E-state index is -0.230. The number of H-pyrrole nitrogens is 1. The molecule has 2 atom stereocenters. The number of hydrogen-bond donors (Lipinski definition) is 2. The molecule has 0 bridgehead atoms. The summed E-state index contributed by atoms with van der Waals surface area (Å²) in [5, 5.41) is 18.1. The number of benzene rings is 1. The summed E-state index contributed by atoms with van der Waals surface area (Å²) in [6.07, 6.45) is 5.40. The third-order valence-corrected chi connectivity index (χ3v) is 5.97. The SMILES string of the molecule is Cc1cc(Nc2nn([C@H]3CCCCC3C#N)c3cc[nH]c(=O)c23)ccc1C(=O)N(C)C. The topological polar surface area (TPSA) is 107 Å². The molecule has 8 heteroatoms. The van der Waals surface area contributed by atoms with Gasteiger partial charge in [-0.2, -0.15) is 10.4 Å². The molecule has 0 spiro atoms. The number of carbonyl (C=O) groups is 1. The molecule has 0 radical (unpaired) electrons. The Morgan fingerprint density at radius 1 is 1.29 bits per heavy atom. The molecule has 1 amide bonds. The molecule has 0 aliphatic heterocycles. The number of rotatable bonds is 4. The first-order valence-electron chi connectivity index (χ1n) is 10.5. The number of anilines is 2. The summed E-state index contributed by atoms with van der Waals surface area (Å²) in [5.74, 6) is 0.267. The first-order valence-corrected chi connectivity index (χ1v) is 10.5. The van der Waals surface area contributed by atoms with Crippen LogP contribution in [0.3, 0.4) is 0 Å². The fourth-order valence-electron chi connectivity index (χ4n) is 4.35. The van der Waals surface area contributed by atoms with Crippen LogP contribution >= 0.6 is 0 Å². The van der Waals surface area contributed by atoms with E-state index in [2.05, 4.69) is 16.4 Å². The lowest BCUT2D eigenvalue weighted by Crippen LogP contribution is -2.23. The Morgan fingerprint density at radius 2 is 2.06 bits per heavy atom. The molecule has 2 heterocycles. The van der Waals surface area contributed by atoms with Crippen molar-refractivity contribution in [3.05, 3.63) is 51.9 Å². The second-order valence-electron chi connectivity index (χ2n) is 8.30. The van der Waals surface area contributed by atoms with E-state index in [1.807, 2.05) is 29.8 Å². The number of nitriles is 1. The molecule has 8 nitrogen and oxygen atoms in total. The Balaban J connectivity index is 1.75. The maximum Gasteiger partial charge on any atom is 0.261 e. The smallest absolute Gasteiger partial charge is 0.261 e. The van der Waals surface area contributed by atoms with Crippen LogP contribution in [0.5, 0.6) is 0 Å². The molecule has 0 saturated heterocycles. The molecule has 1 aliphatic carbocycles. The Kier molecular flexibility index (Phi) is 5.51. The standard InChI is InChI=1S/C23H26N6O2/c1-14-12-16(8-9-17(14)23(31)28(2)3)26-21-20-19(10-11-25-22(20)30)29(27-21)18-7-5-4-6-15(18)13-24/h8-12,15,18H,4-7H2,1-3H3,(H,25,30)(H,26,27)/t15?,18-/m0/s1. The lowest BCUT2D eigenvalue weighted by atomic mass is 9.85. The minimum Gasteiger partial charge on any atom is -0.345 e. The van der Waals surface area contributed by atoms with Crippen LogP contribution in [-0.2, 0) is 0 Å². The van der Waals surface area contributed by atoms with Crippen LogP contribution in [0.25, 0.3) is 10.9 Å². The van der Waals surface area contributed by atoms with Gasteiger partial charge in [0.1, 0.15) is 5.39 Å². The van der Waals surface area contributed by atoms with Gasteiger partial charge in [0.05, 0.1) is 23.5 Å². The van der Waals surface area contributed by atoms with Crippen LogP contribution in [0.15, 0.2) is 35.3 Å². The third-order valence-electron chi connectivity index (χ3n) is 5.97. The molecule has 1 saturated carbocycles. The number of aromatic amines is 1. The van der Waals surface area contributed by atoms with E-state index in [1.54, 1.807) is 31.3 Å². The number of aryl methyl sites for hydroxylation is 1. The Labute approximate surface area is 180 Å². The van der Waals surface area contributed by atoms with Gasteiger partial charge < -0.3 is 15.2 Å². The van der Waals surface area contributed by atoms with Gasteiger partial charge in [-0.15, -0.1) is 0 Å². The van der Waals surface area contributed by atoms with E-state index < -0.39 is 0 Å². The van der Waals surface area contributed by atoms with Gasteiger partial charge in [-0.1, -0.05) is 12.8 Å². The van der Waals surface area contributed by atoms with Crippen molar-refractivity contribution in [2.24, 2.45) is 5.92 Å². The molecule has 1 aliphatic rings. The number of nitrogens with one attached hydrogen (secondary N) is 2. The number of carbonyl (C=O) groups excluding carboxylic acids is 1. The Morgan fingerprint density at radius 3 is 2.77 bits per heavy atom. The van der Waals surface area contributed by atoms with E-state index >= 15 is 0 Å². The maximum atomic E-state index is 12.7. The quantitative estimate of drug-likeness (QED) is 0.671. The van der Waals surface area contributed by atoms with Crippen molar-refractivity contribution in [1.29, 1.82) is 5.26 Å². The van der Waals surface area contributed by atoms with Crippen molar-refractivity contribution in [3.8, 4) is 6.07 Å². The van der Waals surface area contributed by atoms with Crippen LogP contribution in [0.4, 0.5) is 11.5 Å². The van der Waals surface area contributed by atoms with Crippen LogP contribution in [0.1, 0.15) is 47.6 Å².